The first-order valence-electron chi connectivity index (χ1n) is 29.4. The summed E-state index contributed by atoms with van der Waals surface area (Å²) in [7, 11) is 1.32. The maximum absolute atomic E-state index is 12.9. The predicted molar refractivity (Wildman–Crippen MR) is 284 cm³/mol. The number of quaternary nitrogens is 1. The number of nitrogens with zero attached hydrogens (tertiary/aromatic N) is 1. The smallest absolute Gasteiger partial charge is 0.268 e. The van der Waals surface area contributed by atoms with Gasteiger partial charge in [-0.3, -0.25) is 9.36 Å². The topological polar surface area (TPSA) is 108 Å². The zero-order valence-electron chi connectivity index (χ0n) is 45.2. The van der Waals surface area contributed by atoms with Gasteiger partial charge in [-0.25, -0.2) is 0 Å². The Morgan fingerprint density at radius 3 is 1.03 bits per heavy atom. The van der Waals surface area contributed by atoms with Crippen molar-refractivity contribution >= 4 is 13.7 Å². The molecule has 396 valence electrons. The van der Waals surface area contributed by atoms with Gasteiger partial charge in [0.1, 0.15) is 13.2 Å². The van der Waals surface area contributed by atoms with Crippen molar-refractivity contribution in [1.29, 1.82) is 0 Å². The van der Waals surface area contributed by atoms with Crippen LogP contribution in [0.25, 0.3) is 0 Å². The molecular formula is C57H117N2O6P. The maximum Gasteiger partial charge on any atom is 0.268 e. The number of nitrogens with one attached hydrogen (secondary N) is 1. The number of carbonyl (C=O) groups excluding carboxylic acids is 1. The van der Waals surface area contributed by atoms with Crippen molar-refractivity contribution < 1.29 is 32.9 Å². The van der Waals surface area contributed by atoms with Crippen molar-refractivity contribution in [2.24, 2.45) is 0 Å². The van der Waals surface area contributed by atoms with Crippen LogP contribution in [-0.2, 0) is 18.4 Å². The fourth-order valence-electron chi connectivity index (χ4n) is 9.22. The van der Waals surface area contributed by atoms with Gasteiger partial charge in [0, 0.05) is 6.42 Å². The van der Waals surface area contributed by atoms with E-state index in [9.17, 15) is 19.4 Å². The average Bonchev–Trinajstić information content (AvgIpc) is 3.28. The molecule has 9 heteroatoms. The minimum absolute atomic E-state index is 0.0161. The molecule has 2 N–H and O–H groups in total. The highest BCUT2D eigenvalue weighted by Gasteiger charge is 2.24. The van der Waals surface area contributed by atoms with Crippen molar-refractivity contribution in [3.05, 3.63) is 0 Å². The molecule has 0 fully saturated rings. The van der Waals surface area contributed by atoms with Gasteiger partial charge in [0.25, 0.3) is 7.82 Å². The molecule has 0 aliphatic rings. The van der Waals surface area contributed by atoms with Gasteiger partial charge >= 0.3 is 0 Å². The second kappa shape index (κ2) is 49.5. The number of hydrogen-bond acceptors (Lipinski definition) is 6. The number of aliphatic hydroxyl groups excluding tert-OH is 1. The Hall–Kier alpha value is -0.500. The number of unbranched alkanes of at least 4 members (excludes halogenated alkanes) is 42. The molecule has 0 spiro atoms. The average molecular weight is 958 g/mol. The summed E-state index contributed by atoms with van der Waals surface area (Å²) in [6.07, 6.45) is 58.9. The van der Waals surface area contributed by atoms with Crippen LogP contribution in [0, 0.1) is 0 Å². The largest absolute Gasteiger partial charge is 0.756 e. The number of carbonyl (C=O) groups is 1. The zero-order chi connectivity index (χ0) is 48.5. The number of aliphatic hydroxyl groups is 1. The Morgan fingerprint density at radius 1 is 0.470 bits per heavy atom. The van der Waals surface area contributed by atoms with Gasteiger partial charge in [-0.05, 0) is 12.8 Å². The van der Waals surface area contributed by atoms with E-state index in [1.807, 2.05) is 21.1 Å². The van der Waals surface area contributed by atoms with E-state index in [0.29, 0.717) is 23.9 Å². The third kappa shape index (κ3) is 51.4. The van der Waals surface area contributed by atoms with E-state index in [0.717, 1.165) is 38.5 Å². The number of hydrogen-bond donors (Lipinski definition) is 2. The molecular weight excluding hydrogens is 840 g/mol. The summed E-state index contributed by atoms with van der Waals surface area (Å²) in [4.78, 5) is 25.4. The van der Waals surface area contributed by atoms with Crippen LogP contribution in [0.4, 0.5) is 0 Å². The second-order valence-corrected chi connectivity index (χ2v) is 23.1. The minimum atomic E-state index is -4.56. The summed E-state index contributed by atoms with van der Waals surface area (Å²) in [6, 6.07) is -0.793. The normalized spacial score (nSPS) is 13.9. The molecule has 0 heterocycles. The summed E-state index contributed by atoms with van der Waals surface area (Å²) in [5, 5.41) is 13.9. The molecule has 0 radical (unpaired) electrons. The molecule has 0 aromatic rings. The van der Waals surface area contributed by atoms with E-state index in [-0.39, 0.29) is 19.1 Å². The quantitative estimate of drug-likeness (QED) is 0.0357. The summed E-state index contributed by atoms with van der Waals surface area (Å²) in [5.74, 6) is -0.159. The lowest BCUT2D eigenvalue weighted by Crippen LogP contribution is -2.46. The minimum Gasteiger partial charge on any atom is -0.756 e. The van der Waals surface area contributed by atoms with Gasteiger partial charge in [-0.2, -0.15) is 0 Å². The first kappa shape index (κ1) is 65.5. The van der Waals surface area contributed by atoms with Gasteiger partial charge in [0.2, 0.25) is 5.91 Å². The fraction of sp³-hybridized carbons (Fsp3) is 0.982. The molecule has 3 unspecified atom stereocenters. The van der Waals surface area contributed by atoms with Gasteiger partial charge in [0.05, 0.1) is 39.9 Å². The van der Waals surface area contributed by atoms with Crippen LogP contribution >= 0.6 is 7.82 Å². The van der Waals surface area contributed by atoms with Crippen molar-refractivity contribution in [3.8, 4) is 0 Å². The predicted octanol–water partition coefficient (Wildman–Crippen LogP) is 17.0. The maximum atomic E-state index is 12.9. The lowest BCUT2D eigenvalue weighted by Gasteiger charge is -2.30. The number of phosphoric acid groups is 1. The Balaban J connectivity index is 3.83. The van der Waals surface area contributed by atoms with Gasteiger partial charge in [-0.15, -0.1) is 0 Å². The number of phosphoric ester groups is 1. The molecule has 0 aromatic heterocycles. The van der Waals surface area contributed by atoms with E-state index < -0.39 is 20.0 Å². The molecule has 0 rings (SSSR count). The van der Waals surface area contributed by atoms with Crippen molar-refractivity contribution in [2.75, 3.05) is 40.9 Å². The van der Waals surface area contributed by atoms with Crippen molar-refractivity contribution in [1.82, 2.24) is 5.32 Å². The summed E-state index contributed by atoms with van der Waals surface area (Å²) >= 11 is 0. The van der Waals surface area contributed by atoms with Crippen LogP contribution in [0.1, 0.15) is 309 Å². The Labute approximate surface area is 412 Å². The van der Waals surface area contributed by atoms with E-state index in [1.165, 1.54) is 244 Å². The highest BCUT2D eigenvalue weighted by Crippen LogP contribution is 2.38. The molecule has 0 aromatic carbocycles. The number of rotatable bonds is 55. The molecule has 66 heavy (non-hydrogen) atoms. The first-order valence-corrected chi connectivity index (χ1v) is 30.8. The monoisotopic (exact) mass is 957 g/mol. The summed E-state index contributed by atoms with van der Waals surface area (Å²) in [6.45, 7) is 4.74. The molecule has 3 atom stereocenters. The van der Waals surface area contributed by atoms with Crippen LogP contribution in [0.5, 0.6) is 0 Å². The van der Waals surface area contributed by atoms with Crippen LogP contribution in [0.3, 0.4) is 0 Å². The molecule has 0 saturated carbocycles. The summed E-state index contributed by atoms with van der Waals surface area (Å²) < 4.78 is 23.3. The van der Waals surface area contributed by atoms with Crippen LogP contribution in [-0.4, -0.2) is 68.5 Å². The molecule has 0 aliphatic heterocycles. The van der Waals surface area contributed by atoms with Crippen LogP contribution in [0.15, 0.2) is 0 Å². The Morgan fingerprint density at radius 2 is 0.742 bits per heavy atom. The SMILES string of the molecule is CCCCCCCCCCCCCCCCCCCCCCCCCCCCCCCCCCCCC(=O)NC(COP(=O)([O-])OCC[N+](C)(C)C)C(O)CCCCCCCCCCCC. The highest BCUT2D eigenvalue weighted by molar-refractivity contribution is 7.45. The van der Waals surface area contributed by atoms with Gasteiger partial charge in [-0.1, -0.05) is 290 Å². The Bertz CT molecular complexity index is 1040. The number of likely N-dealkylation sites (N-methyl/N-ethyl adjacent to an activating group) is 1. The van der Waals surface area contributed by atoms with E-state index in [4.69, 9.17) is 9.05 Å². The molecule has 8 nitrogen and oxygen atoms in total. The highest BCUT2D eigenvalue weighted by atomic mass is 31.2. The fourth-order valence-corrected chi connectivity index (χ4v) is 9.94. The van der Waals surface area contributed by atoms with E-state index in [1.54, 1.807) is 0 Å². The van der Waals surface area contributed by atoms with E-state index >= 15 is 0 Å². The van der Waals surface area contributed by atoms with Gasteiger partial charge in [0.15, 0.2) is 0 Å². The molecule has 0 aliphatic carbocycles. The van der Waals surface area contributed by atoms with E-state index in [2.05, 4.69) is 19.2 Å². The molecule has 0 saturated heterocycles. The van der Waals surface area contributed by atoms with Gasteiger partial charge < -0.3 is 28.8 Å². The second-order valence-electron chi connectivity index (χ2n) is 21.7. The molecule has 1 amide bonds. The van der Waals surface area contributed by atoms with Crippen molar-refractivity contribution in [2.45, 2.75) is 321 Å². The third-order valence-corrected chi connectivity index (χ3v) is 14.8. The molecule has 0 bridgehead atoms. The Kier molecular flexibility index (Phi) is 49.1. The van der Waals surface area contributed by atoms with Crippen LogP contribution in [0.2, 0.25) is 0 Å². The zero-order valence-corrected chi connectivity index (χ0v) is 46.1. The first-order chi connectivity index (χ1) is 32.0. The third-order valence-electron chi connectivity index (χ3n) is 13.8. The standard InChI is InChI=1S/C57H117N2O6P/c1-6-8-10-12-14-16-18-19-20-21-22-23-24-25-26-27-28-29-30-31-32-33-34-35-36-37-38-39-40-41-43-45-47-49-51-57(61)58-55(54-65-66(62,63)64-53-52-59(3,4)5)56(60)50-48-46-44-42-17-15-13-11-9-7-2/h55-56,60H,6-54H2,1-5H3,(H-,58,61,62,63). The lowest BCUT2D eigenvalue weighted by molar-refractivity contribution is -0.870. The lowest BCUT2D eigenvalue weighted by atomic mass is 10.0. The summed E-state index contributed by atoms with van der Waals surface area (Å²) in [5.41, 5.74) is 0. The number of amides is 1. The van der Waals surface area contributed by atoms with Crippen molar-refractivity contribution in [3.63, 3.8) is 0 Å². The van der Waals surface area contributed by atoms with Crippen LogP contribution < -0.4 is 10.2 Å².